The predicted molar refractivity (Wildman–Crippen MR) is 215 cm³/mol. The molecule has 2 atom stereocenters. The monoisotopic (exact) mass is 653 g/mol. The zero-order valence-electron chi connectivity index (χ0n) is 28.6. The Balaban J connectivity index is 1.26. The summed E-state index contributed by atoms with van der Waals surface area (Å²) < 4.78 is 2.55. The molecule has 1 heterocycles. The molecule has 0 radical (unpaired) electrons. The normalized spacial score (nSPS) is 16.6. The van der Waals surface area contributed by atoms with E-state index < -0.39 is 0 Å². The van der Waals surface area contributed by atoms with Gasteiger partial charge in [-0.25, -0.2) is 5.32 Å². The van der Waals surface area contributed by atoms with Crippen LogP contribution in [0.3, 0.4) is 0 Å². The van der Waals surface area contributed by atoms with Crippen LogP contribution in [0.5, 0.6) is 0 Å². The lowest BCUT2D eigenvalue weighted by Gasteiger charge is -2.32. The van der Waals surface area contributed by atoms with Gasteiger partial charge in [0.05, 0.1) is 5.56 Å². The minimum absolute atomic E-state index is 0.0503. The highest BCUT2D eigenvalue weighted by atomic mass is 15.3. The van der Waals surface area contributed by atoms with Gasteiger partial charge in [0.25, 0.3) is 12.0 Å². The number of amidine groups is 1. The van der Waals surface area contributed by atoms with Crippen LogP contribution in [-0.2, 0) is 0 Å². The van der Waals surface area contributed by atoms with Crippen molar-refractivity contribution >= 4 is 49.9 Å². The second-order valence-electron chi connectivity index (χ2n) is 14.0. The van der Waals surface area contributed by atoms with Crippen LogP contribution in [0.1, 0.15) is 47.7 Å². The van der Waals surface area contributed by atoms with Crippen LogP contribution in [-0.4, -0.2) is 10.4 Å². The number of benzene rings is 8. The van der Waals surface area contributed by atoms with Crippen molar-refractivity contribution in [3.63, 3.8) is 0 Å². The molecule has 0 saturated carbocycles. The molecule has 0 saturated heterocycles. The smallest absolute Gasteiger partial charge is 0.229 e. The molecule has 1 N–H and O–H groups in total. The summed E-state index contributed by atoms with van der Waals surface area (Å²) in [7, 11) is 0. The molecule has 8 aromatic carbocycles. The van der Waals surface area contributed by atoms with Gasteiger partial charge in [-0.15, -0.1) is 0 Å². The van der Waals surface area contributed by atoms with Gasteiger partial charge in [0, 0.05) is 11.1 Å². The largest absolute Gasteiger partial charge is 0.289 e. The Hall–Kier alpha value is -6.25. The fraction of sp³-hybridized carbons (Fsp3) is 0.0816. The summed E-state index contributed by atoms with van der Waals surface area (Å²) in [6.45, 7) is 2.36. The maximum absolute atomic E-state index is 3.99. The first-order chi connectivity index (χ1) is 25.2. The fourth-order valence-corrected chi connectivity index (χ4v) is 8.47. The molecule has 0 spiro atoms. The number of rotatable bonds is 5. The van der Waals surface area contributed by atoms with Crippen molar-refractivity contribution in [2.75, 3.05) is 0 Å². The van der Waals surface area contributed by atoms with Crippen molar-refractivity contribution < 1.29 is 4.58 Å². The van der Waals surface area contributed by atoms with Gasteiger partial charge >= 0.3 is 0 Å². The highest BCUT2D eigenvalue weighted by molar-refractivity contribution is 6.04. The highest BCUT2D eigenvalue weighted by Crippen LogP contribution is 2.45. The van der Waals surface area contributed by atoms with E-state index in [-0.39, 0.29) is 6.17 Å². The molecule has 2 heteroatoms. The van der Waals surface area contributed by atoms with Gasteiger partial charge in [-0.3, -0.25) is 0 Å². The summed E-state index contributed by atoms with van der Waals surface area (Å²) >= 11 is 0. The molecule has 2 aliphatic rings. The van der Waals surface area contributed by atoms with Crippen molar-refractivity contribution in [3.05, 3.63) is 192 Å². The summed E-state index contributed by atoms with van der Waals surface area (Å²) in [5, 5.41) is 11.6. The Morgan fingerprint density at radius 2 is 1.14 bits per heavy atom. The Labute approximate surface area is 298 Å². The lowest BCUT2D eigenvalue weighted by molar-refractivity contribution is -0.530. The second kappa shape index (κ2) is 12.0. The van der Waals surface area contributed by atoms with Crippen LogP contribution in [0.4, 0.5) is 5.69 Å². The maximum atomic E-state index is 3.99. The third-order valence-corrected chi connectivity index (χ3v) is 11.0. The van der Waals surface area contributed by atoms with Gasteiger partial charge in [0.15, 0.2) is 0 Å². The highest BCUT2D eigenvalue weighted by Gasteiger charge is 2.43. The SMILES string of the molecule is CC1CC=Cc2c1cc(C1NC(c3ccccc3)=[N+]1c1ccc(-c3cccc4ccccc34)cc1-c1cccc3ccccc13)c1ccccc21. The number of nitrogens with one attached hydrogen (secondary N) is 1. The summed E-state index contributed by atoms with van der Waals surface area (Å²) in [5.74, 6) is 1.58. The second-order valence-corrected chi connectivity index (χ2v) is 14.0. The van der Waals surface area contributed by atoms with Gasteiger partial charge < -0.3 is 0 Å². The first-order valence-corrected chi connectivity index (χ1v) is 18.0. The van der Waals surface area contributed by atoms with Gasteiger partial charge in [-0.05, 0) is 103 Å². The van der Waals surface area contributed by atoms with Gasteiger partial charge in [-0.1, -0.05) is 153 Å². The number of fused-ring (bicyclic) bond motifs is 5. The molecule has 2 unspecified atom stereocenters. The molecule has 0 bridgehead atoms. The van der Waals surface area contributed by atoms with Crippen molar-refractivity contribution in [1.29, 1.82) is 0 Å². The third kappa shape index (κ3) is 4.82. The van der Waals surface area contributed by atoms with Crippen LogP contribution in [0.2, 0.25) is 0 Å². The average molecular weight is 654 g/mol. The van der Waals surface area contributed by atoms with Gasteiger partial charge in [0.2, 0.25) is 0 Å². The van der Waals surface area contributed by atoms with Crippen LogP contribution < -0.4 is 5.32 Å². The average Bonchev–Trinajstić information content (AvgIpc) is 3.18. The third-order valence-electron chi connectivity index (χ3n) is 11.0. The molecular formula is C49H37N2+. The van der Waals surface area contributed by atoms with Crippen LogP contribution in [0.25, 0.3) is 60.6 Å². The molecule has 0 fully saturated rings. The van der Waals surface area contributed by atoms with Crippen molar-refractivity contribution in [3.8, 4) is 22.3 Å². The van der Waals surface area contributed by atoms with E-state index in [2.05, 4.69) is 193 Å². The molecule has 1 aliphatic heterocycles. The molecule has 0 aromatic heterocycles. The molecule has 8 aromatic rings. The first kappa shape index (κ1) is 29.6. The van der Waals surface area contributed by atoms with E-state index in [1.165, 1.54) is 82.5 Å². The van der Waals surface area contributed by atoms with Gasteiger partial charge in [0.1, 0.15) is 5.69 Å². The van der Waals surface area contributed by atoms with E-state index in [0.29, 0.717) is 5.92 Å². The first-order valence-electron chi connectivity index (χ1n) is 18.0. The van der Waals surface area contributed by atoms with Crippen LogP contribution >= 0.6 is 0 Å². The maximum Gasteiger partial charge on any atom is 0.289 e. The van der Waals surface area contributed by atoms with E-state index >= 15 is 0 Å². The summed E-state index contributed by atoms with van der Waals surface area (Å²) in [4.78, 5) is 0. The number of hydrogen-bond acceptors (Lipinski definition) is 1. The lowest BCUT2D eigenvalue weighted by Crippen LogP contribution is -2.51. The van der Waals surface area contributed by atoms with E-state index in [0.717, 1.165) is 12.3 Å². The van der Waals surface area contributed by atoms with E-state index in [1.807, 2.05) is 0 Å². The van der Waals surface area contributed by atoms with E-state index in [1.54, 1.807) is 0 Å². The Morgan fingerprint density at radius 3 is 1.90 bits per heavy atom. The van der Waals surface area contributed by atoms with Crippen molar-refractivity contribution in [1.82, 2.24) is 5.32 Å². The Morgan fingerprint density at radius 1 is 0.510 bits per heavy atom. The molecule has 10 rings (SSSR count). The summed E-state index contributed by atoms with van der Waals surface area (Å²) in [6.07, 6.45) is 5.68. The molecule has 242 valence electrons. The molecule has 0 amide bonds. The summed E-state index contributed by atoms with van der Waals surface area (Å²) in [6, 6.07) is 60.2. The minimum atomic E-state index is -0.0503. The number of nitrogens with zero attached hydrogens (tertiary/aromatic N) is 1. The predicted octanol–water partition coefficient (Wildman–Crippen LogP) is 12.4. The molecule has 1 aliphatic carbocycles. The zero-order valence-corrected chi connectivity index (χ0v) is 28.6. The van der Waals surface area contributed by atoms with Gasteiger partial charge in [-0.2, -0.15) is 4.58 Å². The Bertz CT molecular complexity index is 2710. The van der Waals surface area contributed by atoms with Crippen molar-refractivity contribution in [2.24, 2.45) is 0 Å². The number of hydrogen-bond donors (Lipinski definition) is 1. The lowest BCUT2D eigenvalue weighted by atomic mass is 9.82. The topological polar surface area (TPSA) is 15.0 Å². The van der Waals surface area contributed by atoms with Crippen LogP contribution in [0.15, 0.2) is 170 Å². The van der Waals surface area contributed by atoms with E-state index in [4.69, 9.17) is 0 Å². The zero-order chi connectivity index (χ0) is 33.9. The fourth-order valence-electron chi connectivity index (χ4n) is 8.47. The van der Waals surface area contributed by atoms with Crippen LogP contribution in [0, 0.1) is 0 Å². The van der Waals surface area contributed by atoms with E-state index in [9.17, 15) is 0 Å². The van der Waals surface area contributed by atoms with Crippen molar-refractivity contribution in [2.45, 2.75) is 25.4 Å². The summed E-state index contributed by atoms with van der Waals surface area (Å²) in [5.41, 5.74) is 11.4. The minimum Gasteiger partial charge on any atom is -0.229 e. The molecular weight excluding hydrogens is 617 g/mol. The Kier molecular flexibility index (Phi) is 6.95. The molecule has 51 heavy (non-hydrogen) atoms. The quantitative estimate of drug-likeness (QED) is 0.183. The standard InChI is InChI=1S/C49H36N2/c1-32-14-11-26-42-41-23-9-10-24-43(41)46(31-44(32)42)49-50-48(35-17-3-2-4-18-35)51(49)47-29-28-36(39-25-12-19-33-15-5-7-21-37(33)39)30-45(47)40-27-13-20-34-16-6-8-22-38(34)40/h2-13,15-32,49H,14H2,1H3/p+1. The number of allylic oxidation sites excluding steroid dienone is 1. The molecule has 2 nitrogen and oxygen atoms in total.